The maximum Gasteiger partial charge on any atom is 0.132 e. The van der Waals surface area contributed by atoms with Crippen molar-refractivity contribution in [1.82, 2.24) is 0 Å². The minimum Gasteiger partial charge on any atom is -0.393 e. The van der Waals surface area contributed by atoms with Gasteiger partial charge in [-0.25, -0.2) is 0 Å². The van der Waals surface area contributed by atoms with E-state index in [2.05, 4.69) is 40.7 Å². The Morgan fingerprint density at radius 1 is 0.829 bits per heavy atom. The first-order valence-corrected chi connectivity index (χ1v) is 13.9. The van der Waals surface area contributed by atoms with Gasteiger partial charge in [0.2, 0.25) is 0 Å². The predicted octanol–water partition coefficient (Wildman–Crippen LogP) is 4.26. The van der Waals surface area contributed by atoms with E-state index >= 15 is 0 Å². The zero-order valence-electron chi connectivity index (χ0n) is 22.8. The average molecular weight is 489 g/mol. The molecule has 11 atom stereocenters. The van der Waals surface area contributed by atoms with Crippen molar-refractivity contribution in [2.45, 2.75) is 118 Å². The Morgan fingerprint density at radius 3 is 2.11 bits per heavy atom. The second-order valence-electron chi connectivity index (χ2n) is 15.1. The lowest BCUT2D eigenvalue weighted by Gasteiger charge is -2.72. The van der Waals surface area contributed by atoms with Gasteiger partial charge in [-0.05, 0) is 89.8 Å². The van der Waals surface area contributed by atoms with Gasteiger partial charge in [0.1, 0.15) is 6.29 Å². The molecule has 1 unspecified atom stereocenters. The number of hydrogen-bond donors (Lipinski definition) is 4. The van der Waals surface area contributed by atoms with Crippen molar-refractivity contribution in [3.8, 4) is 0 Å². The number of rotatable bonds is 1. The zero-order valence-corrected chi connectivity index (χ0v) is 22.8. The van der Waals surface area contributed by atoms with Crippen LogP contribution in [0.1, 0.15) is 93.4 Å². The molecule has 4 N–H and O–H groups in total. The lowest BCUT2D eigenvalue weighted by Crippen LogP contribution is -2.71. The molecule has 5 heteroatoms. The third kappa shape index (κ3) is 2.88. The Labute approximate surface area is 211 Å². The van der Waals surface area contributed by atoms with Crippen LogP contribution in [0.3, 0.4) is 0 Å². The fourth-order valence-electron chi connectivity index (χ4n) is 10.7. The summed E-state index contributed by atoms with van der Waals surface area (Å²) in [5.74, 6) is 0.593. The molecule has 5 nitrogen and oxygen atoms in total. The summed E-state index contributed by atoms with van der Waals surface area (Å²) >= 11 is 0. The highest BCUT2D eigenvalue weighted by atomic mass is 16.3. The molecular formula is C30H48O5. The number of carbonyl (C=O) groups is 1. The van der Waals surface area contributed by atoms with Crippen LogP contribution in [0.2, 0.25) is 0 Å². The topological polar surface area (TPSA) is 98.0 Å². The third-order valence-electron chi connectivity index (χ3n) is 13.2. The van der Waals surface area contributed by atoms with Crippen molar-refractivity contribution < 1.29 is 25.2 Å². The molecule has 0 aromatic carbocycles. The summed E-state index contributed by atoms with van der Waals surface area (Å²) in [6, 6.07) is 0. The van der Waals surface area contributed by atoms with Crippen molar-refractivity contribution in [2.24, 2.45) is 50.2 Å². The summed E-state index contributed by atoms with van der Waals surface area (Å²) < 4.78 is 0. The van der Waals surface area contributed by atoms with Gasteiger partial charge in [-0.15, -0.1) is 0 Å². The number of carbonyl (C=O) groups excluding carboxylic acids is 1. The van der Waals surface area contributed by atoms with Crippen LogP contribution in [-0.2, 0) is 4.79 Å². The van der Waals surface area contributed by atoms with Crippen molar-refractivity contribution in [3.05, 3.63) is 11.6 Å². The molecule has 0 aromatic rings. The van der Waals surface area contributed by atoms with Gasteiger partial charge in [0, 0.05) is 0 Å². The third-order valence-corrected chi connectivity index (χ3v) is 13.2. The molecule has 0 saturated heterocycles. The monoisotopic (exact) mass is 488 g/mol. The van der Waals surface area contributed by atoms with E-state index in [1.807, 2.05) is 13.8 Å². The Balaban J connectivity index is 1.64. The molecule has 5 aliphatic carbocycles. The number of aldehydes is 1. The van der Waals surface area contributed by atoms with Gasteiger partial charge >= 0.3 is 0 Å². The van der Waals surface area contributed by atoms with E-state index in [9.17, 15) is 25.2 Å². The summed E-state index contributed by atoms with van der Waals surface area (Å²) in [5, 5.41) is 44.8. The quantitative estimate of drug-likeness (QED) is 0.327. The van der Waals surface area contributed by atoms with E-state index in [0.29, 0.717) is 24.7 Å². The van der Waals surface area contributed by atoms with Gasteiger partial charge in [-0.3, -0.25) is 0 Å². The first kappa shape index (κ1) is 25.9. The smallest absolute Gasteiger partial charge is 0.132 e. The molecule has 4 fully saturated rings. The van der Waals surface area contributed by atoms with Crippen LogP contribution in [0.5, 0.6) is 0 Å². The maximum absolute atomic E-state index is 12.7. The molecule has 0 radical (unpaired) electrons. The second kappa shape index (κ2) is 7.42. The van der Waals surface area contributed by atoms with Crippen LogP contribution in [0.25, 0.3) is 0 Å². The van der Waals surface area contributed by atoms with Crippen molar-refractivity contribution in [3.63, 3.8) is 0 Å². The van der Waals surface area contributed by atoms with Crippen molar-refractivity contribution >= 4 is 6.29 Å². The van der Waals surface area contributed by atoms with E-state index in [0.717, 1.165) is 38.4 Å². The van der Waals surface area contributed by atoms with Crippen LogP contribution < -0.4 is 0 Å². The van der Waals surface area contributed by atoms with E-state index in [4.69, 9.17) is 0 Å². The SMILES string of the molecule is CC1(C)C[C@H]2C3=CC[C@@H]4[C@@]5(C)CC[C@H](O)C(C)(C)C5CC[C@@]4(C)[C@]3(C)C[C@@H](O)[C@@]2(C=O)[C@@H](O)[C@@H]1O. The molecule has 35 heavy (non-hydrogen) atoms. The number of allylic oxidation sites excluding steroid dienone is 2. The normalized spacial score (nSPS) is 56.5. The summed E-state index contributed by atoms with van der Waals surface area (Å²) in [5.41, 5.74) is -1.05. The second-order valence-corrected chi connectivity index (χ2v) is 15.1. The molecule has 0 aromatic heterocycles. The molecule has 5 aliphatic rings. The average Bonchev–Trinajstić information content (AvgIpc) is 2.76. The number of aliphatic hydroxyl groups excluding tert-OH is 4. The zero-order chi connectivity index (χ0) is 26.0. The van der Waals surface area contributed by atoms with E-state index < -0.39 is 29.1 Å². The molecule has 5 rings (SSSR count). The minimum atomic E-state index is -1.36. The molecule has 0 amide bonds. The van der Waals surface area contributed by atoms with Crippen LogP contribution in [0.15, 0.2) is 11.6 Å². The molecule has 0 heterocycles. The maximum atomic E-state index is 12.7. The number of aliphatic hydroxyl groups is 4. The van der Waals surface area contributed by atoms with Crippen molar-refractivity contribution in [2.75, 3.05) is 0 Å². The van der Waals surface area contributed by atoms with Gasteiger partial charge in [-0.2, -0.15) is 0 Å². The Hall–Kier alpha value is -0.750. The lowest BCUT2D eigenvalue weighted by molar-refractivity contribution is -0.239. The summed E-state index contributed by atoms with van der Waals surface area (Å²) in [6.45, 7) is 15.6. The fourth-order valence-corrected chi connectivity index (χ4v) is 10.7. The fraction of sp³-hybridized carbons (Fsp3) is 0.900. The first-order valence-electron chi connectivity index (χ1n) is 13.9. The largest absolute Gasteiger partial charge is 0.393 e. The van der Waals surface area contributed by atoms with E-state index in [1.54, 1.807) is 0 Å². The summed E-state index contributed by atoms with van der Waals surface area (Å²) in [6.07, 6.45) is 5.40. The van der Waals surface area contributed by atoms with Gasteiger partial charge < -0.3 is 25.2 Å². The van der Waals surface area contributed by atoms with Crippen LogP contribution in [0.4, 0.5) is 0 Å². The highest BCUT2D eigenvalue weighted by Crippen LogP contribution is 2.75. The molecule has 0 spiro atoms. The number of fused-ring (bicyclic) bond motifs is 7. The molecular weight excluding hydrogens is 440 g/mol. The van der Waals surface area contributed by atoms with Crippen molar-refractivity contribution in [1.29, 1.82) is 0 Å². The van der Waals surface area contributed by atoms with Crippen LogP contribution in [0, 0.1) is 50.2 Å². The molecule has 0 aliphatic heterocycles. The highest BCUT2D eigenvalue weighted by molar-refractivity contribution is 5.66. The van der Waals surface area contributed by atoms with Gasteiger partial charge in [0.25, 0.3) is 0 Å². The summed E-state index contributed by atoms with van der Waals surface area (Å²) in [4.78, 5) is 12.7. The Morgan fingerprint density at radius 2 is 1.49 bits per heavy atom. The van der Waals surface area contributed by atoms with Gasteiger partial charge in [0.05, 0.1) is 29.8 Å². The number of hydrogen-bond acceptors (Lipinski definition) is 5. The molecule has 4 saturated carbocycles. The van der Waals surface area contributed by atoms with Gasteiger partial charge in [-0.1, -0.05) is 60.1 Å². The predicted molar refractivity (Wildman–Crippen MR) is 135 cm³/mol. The standard InChI is InChI=1S/C30H48O5/c1-25(2)14-18-17-8-9-20-27(5)12-11-21(32)26(3,4)19(27)10-13-28(20,6)29(17,7)15-22(33)30(18,16-31)24(35)23(25)34/h8,16,18-24,32-35H,9-15H2,1-7H3/t18-,19?,20+,21-,22+,23-,24-,27-,28+,29+,30-/m0/s1. The van der Waals surface area contributed by atoms with Crippen LogP contribution >= 0.6 is 0 Å². The Bertz CT molecular complexity index is 939. The first-order chi connectivity index (χ1) is 16.0. The minimum absolute atomic E-state index is 0.0537. The Kier molecular flexibility index (Phi) is 5.49. The van der Waals surface area contributed by atoms with E-state index in [1.165, 1.54) is 5.57 Å². The lowest BCUT2D eigenvalue weighted by atomic mass is 9.33. The van der Waals surface area contributed by atoms with Gasteiger partial charge in [0.15, 0.2) is 0 Å². The molecule has 0 bridgehead atoms. The summed E-state index contributed by atoms with van der Waals surface area (Å²) in [7, 11) is 0. The van der Waals surface area contributed by atoms with Crippen LogP contribution in [-0.4, -0.2) is 51.1 Å². The molecule has 198 valence electrons. The highest BCUT2D eigenvalue weighted by Gasteiger charge is 2.72. The van der Waals surface area contributed by atoms with E-state index in [-0.39, 0.29) is 33.7 Å².